The maximum Gasteiger partial charge on any atom is 0.349 e. The van der Waals surface area contributed by atoms with Gasteiger partial charge in [0, 0.05) is 10.4 Å². The van der Waals surface area contributed by atoms with E-state index in [0.29, 0.717) is 16.0 Å². The molecule has 0 bridgehead atoms. The molecule has 0 aliphatic heterocycles. The first kappa shape index (κ1) is 17.5. The van der Waals surface area contributed by atoms with E-state index in [1.165, 1.54) is 31.4 Å². The topological polar surface area (TPSA) is 97.6 Å². The summed E-state index contributed by atoms with van der Waals surface area (Å²) in [5.74, 6) is -1.18. The van der Waals surface area contributed by atoms with Gasteiger partial charge >= 0.3 is 5.63 Å². The van der Waals surface area contributed by atoms with Crippen LogP contribution in [0.15, 0.2) is 57.7 Å². The molecule has 132 valence electrons. The van der Waals surface area contributed by atoms with E-state index in [0.717, 1.165) is 0 Å². The van der Waals surface area contributed by atoms with E-state index in [2.05, 4.69) is 10.9 Å². The van der Waals surface area contributed by atoms with Crippen molar-refractivity contribution in [2.75, 3.05) is 7.11 Å². The standard InChI is InChI=1S/C18H13ClN2O5/c1-25-15-9-11(19)6-7-12(15)16(22)20-21-17(23)13-8-10-4-2-3-5-14(10)26-18(13)24/h2-9H,1H3,(H,20,22)(H,21,23). The summed E-state index contributed by atoms with van der Waals surface area (Å²) in [6, 6.07) is 12.6. The number of hydrazine groups is 1. The third-order valence-corrected chi connectivity index (χ3v) is 3.82. The number of fused-ring (bicyclic) bond motifs is 1. The monoisotopic (exact) mass is 372 g/mol. The minimum absolute atomic E-state index is 0.169. The molecule has 0 unspecified atom stereocenters. The number of carbonyl (C=O) groups is 2. The average molecular weight is 373 g/mol. The maximum atomic E-state index is 12.2. The Morgan fingerprint density at radius 1 is 1.00 bits per heavy atom. The van der Waals surface area contributed by atoms with Crippen molar-refractivity contribution in [2.45, 2.75) is 0 Å². The Morgan fingerprint density at radius 3 is 2.42 bits per heavy atom. The van der Waals surface area contributed by atoms with Crippen molar-refractivity contribution in [1.82, 2.24) is 10.9 Å². The molecule has 0 aliphatic carbocycles. The maximum absolute atomic E-state index is 12.2. The molecule has 0 fully saturated rings. The van der Waals surface area contributed by atoms with Crippen LogP contribution in [0.3, 0.4) is 0 Å². The van der Waals surface area contributed by atoms with Gasteiger partial charge < -0.3 is 9.15 Å². The first-order valence-corrected chi connectivity index (χ1v) is 7.84. The molecule has 26 heavy (non-hydrogen) atoms. The molecule has 3 aromatic rings. The second kappa shape index (κ2) is 7.28. The zero-order valence-corrected chi connectivity index (χ0v) is 14.3. The molecule has 2 N–H and O–H groups in total. The van der Waals surface area contributed by atoms with Crippen LogP contribution in [0.25, 0.3) is 11.0 Å². The Hall–Kier alpha value is -3.32. The van der Waals surface area contributed by atoms with Gasteiger partial charge in [-0.2, -0.15) is 0 Å². The van der Waals surface area contributed by atoms with Gasteiger partial charge in [-0.05, 0) is 30.3 Å². The number of carbonyl (C=O) groups excluding carboxylic acids is 2. The van der Waals surface area contributed by atoms with Gasteiger partial charge in [0.2, 0.25) is 0 Å². The van der Waals surface area contributed by atoms with Crippen LogP contribution in [0.1, 0.15) is 20.7 Å². The van der Waals surface area contributed by atoms with Crippen molar-refractivity contribution < 1.29 is 18.7 Å². The van der Waals surface area contributed by atoms with Gasteiger partial charge in [0.05, 0.1) is 12.7 Å². The van der Waals surface area contributed by atoms with Crippen LogP contribution in [0, 0.1) is 0 Å². The van der Waals surface area contributed by atoms with E-state index in [1.54, 1.807) is 24.3 Å². The predicted octanol–water partition coefficient (Wildman–Crippen LogP) is 2.53. The van der Waals surface area contributed by atoms with E-state index >= 15 is 0 Å². The van der Waals surface area contributed by atoms with Crippen LogP contribution in [-0.4, -0.2) is 18.9 Å². The largest absolute Gasteiger partial charge is 0.496 e. The van der Waals surface area contributed by atoms with Crippen molar-refractivity contribution in [3.05, 3.63) is 75.1 Å². The van der Waals surface area contributed by atoms with E-state index < -0.39 is 17.4 Å². The number of rotatable bonds is 3. The lowest BCUT2D eigenvalue weighted by atomic mass is 10.2. The highest BCUT2D eigenvalue weighted by Gasteiger charge is 2.17. The minimum Gasteiger partial charge on any atom is -0.496 e. The van der Waals surface area contributed by atoms with Crippen LogP contribution in [0.5, 0.6) is 5.75 Å². The number of methoxy groups -OCH3 is 1. The van der Waals surface area contributed by atoms with Crippen LogP contribution in [0.2, 0.25) is 5.02 Å². The molecule has 0 spiro atoms. The van der Waals surface area contributed by atoms with Crippen molar-refractivity contribution in [3.8, 4) is 5.75 Å². The molecular weight excluding hydrogens is 360 g/mol. The summed E-state index contributed by atoms with van der Waals surface area (Å²) in [7, 11) is 1.39. The Morgan fingerprint density at radius 2 is 1.69 bits per heavy atom. The van der Waals surface area contributed by atoms with Gasteiger partial charge in [0.15, 0.2) is 0 Å². The molecule has 2 aromatic carbocycles. The Kier molecular flexibility index (Phi) is 4.90. The van der Waals surface area contributed by atoms with E-state index in [-0.39, 0.29) is 16.9 Å². The number of hydrogen-bond donors (Lipinski definition) is 2. The highest BCUT2D eigenvalue weighted by Crippen LogP contribution is 2.22. The third kappa shape index (κ3) is 3.52. The van der Waals surface area contributed by atoms with E-state index in [9.17, 15) is 14.4 Å². The second-order valence-electron chi connectivity index (χ2n) is 5.24. The van der Waals surface area contributed by atoms with Crippen LogP contribution in [-0.2, 0) is 0 Å². The molecule has 8 heteroatoms. The lowest BCUT2D eigenvalue weighted by Crippen LogP contribution is -2.43. The molecule has 7 nitrogen and oxygen atoms in total. The van der Waals surface area contributed by atoms with Gasteiger partial charge in [-0.3, -0.25) is 20.4 Å². The molecule has 0 saturated heterocycles. The minimum atomic E-state index is -0.806. The number of para-hydroxylation sites is 1. The van der Waals surface area contributed by atoms with Crippen molar-refractivity contribution in [3.63, 3.8) is 0 Å². The van der Waals surface area contributed by atoms with Crippen LogP contribution >= 0.6 is 11.6 Å². The van der Waals surface area contributed by atoms with Gasteiger partial charge in [-0.15, -0.1) is 0 Å². The molecule has 0 radical (unpaired) electrons. The summed E-state index contributed by atoms with van der Waals surface area (Å²) in [5.41, 5.74) is 3.90. The smallest absolute Gasteiger partial charge is 0.349 e. The van der Waals surface area contributed by atoms with Gasteiger partial charge in [0.1, 0.15) is 16.9 Å². The number of benzene rings is 2. The summed E-state index contributed by atoms with van der Waals surface area (Å²) in [6.45, 7) is 0. The van der Waals surface area contributed by atoms with Crippen molar-refractivity contribution in [1.29, 1.82) is 0 Å². The zero-order chi connectivity index (χ0) is 18.7. The lowest BCUT2D eigenvalue weighted by molar-refractivity contribution is 0.0843. The van der Waals surface area contributed by atoms with Crippen molar-refractivity contribution in [2.24, 2.45) is 0 Å². The highest BCUT2D eigenvalue weighted by molar-refractivity contribution is 6.30. The summed E-state index contributed by atoms with van der Waals surface area (Å²) in [4.78, 5) is 36.4. The highest BCUT2D eigenvalue weighted by atomic mass is 35.5. The quantitative estimate of drug-likeness (QED) is 0.544. The molecule has 1 aromatic heterocycles. The van der Waals surface area contributed by atoms with E-state index in [4.69, 9.17) is 20.8 Å². The van der Waals surface area contributed by atoms with Crippen molar-refractivity contribution >= 4 is 34.4 Å². The molecule has 2 amide bonds. The van der Waals surface area contributed by atoms with Gasteiger partial charge in [-0.25, -0.2) is 4.79 Å². The molecule has 0 saturated carbocycles. The Labute approximate surface area is 152 Å². The number of amides is 2. The van der Waals surface area contributed by atoms with Gasteiger partial charge in [-0.1, -0.05) is 29.8 Å². The number of nitrogens with one attached hydrogen (secondary N) is 2. The van der Waals surface area contributed by atoms with Gasteiger partial charge in [0.25, 0.3) is 11.8 Å². The average Bonchev–Trinajstić information content (AvgIpc) is 2.65. The lowest BCUT2D eigenvalue weighted by Gasteiger charge is -2.10. The summed E-state index contributed by atoms with van der Waals surface area (Å²) < 4.78 is 10.2. The number of hydrogen-bond acceptors (Lipinski definition) is 5. The molecule has 3 rings (SSSR count). The number of ether oxygens (including phenoxy) is 1. The molecular formula is C18H13ClN2O5. The molecule has 1 heterocycles. The first-order valence-electron chi connectivity index (χ1n) is 7.46. The predicted molar refractivity (Wildman–Crippen MR) is 95.4 cm³/mol. The normalized spacial score (nSPS) is 10.4. The third-order valence-electron chi connectivity index (χ3n) is 3.58. The Bertz CT molecular complexity index is 1060. The second-order valence-corrected chi connectivity index (χ2v) is 5.67. The zero-order valence-electron chi connectivity index (χ0n) is 13.5. The Balaban J connectivity index is 1.78. The molecule has 0 atom stereocenters. The SMILES string of the molecule is COc1cc(Cl)ccc1C(=O)NNC(=O)c1cc2ccccc2oc1=O. The van der Waals surface area contributed by atoms with Crippen LogP contribution < -0.4 is 21.2 Å². The summed E-state index contributed by atoms with van der Waals surface area (Å²) >= 11 is 5.85. The first-order chi connectivity index (χ1) is 12.5. The molecule has 0 aliphatic rings. The summed E-state index contributed by atoms with van der Waals surface area (Å²) in [6.07, 6.45) is 0. The fourth-order valence-electron chi connectivity index (χ4n) is 2.32. The van der Waals surface area contributed by atoms with E-state index in [1.807, 2.05) is 0 Å². The number of halogens is 1. The fourth-order valence-corrected chi connectivity index (χ4v) is 2.48. The van der Waals surface area contributed by atoms with Crippen LogP contribution in [0.4, 0.5) is 0 Å². The summed E-state index contributed by atoms with van der Waals surface area (Å²) in [5, 5.41) is 0.985. The fraction of sp³-hybridized carbons (Fsp3) is 0.0556.